The maximum Gasteiger partial charge on any atom is 0.413 e. The quantitative estimate of drug-likeness (QED) is 0.776. The minimum atomic E-state index is -0.567. The first kappa shape index (κ1) is 16.7. The van der Waals surface area contributed by atoms with Crippen LogP contribution in [-0.2, 0) is 16.0 Å². The number of amides is 1. The van der Waals surface area contributed by atoms with Gasteiger partial charge >= 0.3 is 6.09 Å². The number of nitrogens with one attached hydrogen (secondary N) is 2. The van der Waals surface area contributed by atoms with Gasteiger partial charge < -0.3 is 19.9 Å². The van der Waals surface area contributed by atoms with E-state index in [0.29, 0.717) is 25.6 Å². The van der Waals surface area contributed by atoms with Crippen LogP contribution in [0.4, 0.5) is 10.6 Å². The van der Waals surface area contributed by atoms with Gasteiger partial charge in [-0.05, 0) is 26.8 Å². The summed E-state index contributed by atoms with van der Waals surface area (Å²) in [5.74, 6) is 0.442. The van der Waals surface area contributed by atoms with Crippen LogP contribution in [0.15, 0.2) is 18.3 Å². The number of hydrogen-bond donors (Lipinski definition) is 3. The van der Waals surface area contributed by atoms with Crippen molar-refractivity contribution in [2.75, 3.05) is 18.5 Å². The topological polar surface area (TPSA) is 92.7 Å². The summed E-state index contributed by atoms with van der Waals surface area (Å²) in [5.41, 5.74) is 0.246. The molecule has 122 valence electrons. The second-order valence-corrected chi connectivity index (χ2v) is 6.23. The lowest BCUT2D eigenvalue weighted by molar-refractivity contribution is 0.0635. The Morgan fingerprint density at radius 3 is 2.91 bits per heavy atom. The molecule has 1 aromatic rings. The highest BCUT2D eigenvalue weighted by Crippen LogP contribution is 2.15. The molecule has 0 saturated carbocycles. The van der Waals surface area contributed by atoms with Crippen LogP contribution in [0, 0.1) is 0 Å². The summed E-state index contributed by atoms with van der Waals surface area (Å²) in [4.78, 5) is 16.0. The Hall–Kier alpha value is -1.70. The number of aliphatic hydroxyl groups is 1. The third-order valence-electron chi connectivity index (χ3n) is 3.12. The van der Waals surface area contributed by atoms with E-state index in [1.807, 2.05) is 6.07 Å². The second kappa shape index (κ2) is 7.04. The van der Waals surface area contributed by atoms with Gasteiger partial charge in [0.05, 0.1) is 25.4 Å². The average molecular weight is 309 g/mol. The monoisotopic (exact) mass is 309 g/mol. The molecule has 0 aliphatic carbocycles. The minimum Gasteiger partial charge on any atom is -0.444 e. The van der Waals surface area contributed by atoms with Crippen molar-refractivity contribution in [1.82, 2.24) is 10.3 Å². The molecule has 2 atom stereocenters. The molecule has 1 aliphatic heterocycles. The first-order valence-corrected chi connectivity index (χ1v) is 7.28. The molecule has 0 spiro atoms. The van der Waals surface area contributed by atoms with Gasteiger partial charge in [-0.1, -0.05) is 6.07 Å². The maximum absolute atomic E-state index is 11.8. The number of hydrogen-bond acceptors (Lipinski definition) is 6. The molecule has 1 aliphatic rings. The van der Waals surface area contributed by atoms with E-state index in [-0.39, 0.29) is 6.04 Å². The van der Waals surface area contributed by atoms with Crippen LogP contribution in [0.3, 0.4) is 0 Å². The van der Waals surface area contributed by atoms with Crippen molar-refractivity contribution in [1.29, 1.82) is 0 Å². The van der Waals surface area contributed by atoms with Crippen LogP contribution in [-0.4, -0.2) is 47.1 Å². The highest BCUT2D eigenvalue weighted by Gasteiger charge is 2.25. The summed E-state index contributed by atoms with van der Waals surface area (Å²) < 4.78 is 10.4. The van der Waals surface area contributed by atoms with Crippen molar-refractivity contribution in [3.8, 4) is 0 Å². The van der Waals surface area contributed by atoms with E-state index in [0.717, 1.165) is 5.56 Å². The van der Waals surface area contributed by atoms with Gasteiger partial charge in [-0.2, -0.15) is 0 Å². The number of carbonyl (C=O) groups is 1. The van der Waals surface area contributed by atoms with Gasteiger partial charge in [0.25, 0.3) is 0 Å². The number of carbonyl (C=O) groups excluding carboxylic acids is 1. The van der Waals surface area contributed by atoms with E-state index in [1.165, 1.54) is 0 Å². The number of nitrogens with zero attached hydrogens (tertiary/aromatic N) is 1. The molecule has 2 heterocycles. The van der Waals surface area contributed by atoms with Crippen LogP contribution in [0.2, 0.25) is 0 Å². The standard InChI is InChI=1S/C15H23N3O4/c1-15(2,3)22-14(20)18-13-10(5-4-6-16-13)7-17-11-8-21-9-12(11)19/h4-6,11-12,17,19H,7-9H2,1-3H3,(H,16,18,20)/t11-,12+/m1/s1. The molecule has 3 N–H and O–H groups in total. The van der Waals surface area contributed by atoms with Crippen LogP contribution in [0.25, 0.3) is 0 Å². The van der Waals surface area contributed by atoms with Crippen LogP contribution in [0.5, 0.6) is 0 Å². The van der Waals surface area contributed by atoms with E-state index < -0.39 is 17.8 Å². The maximum atomic E-state index is 11.8. The summed E-state index contributed by atoms with van der Waals surface area (Å²) in [6.07, 6.45) is 0.541. The summed E-state index contributed by atoms with van der Waals surface area (Å²) in [5, 5.41) is 15.6. The molecule has 0 unspecified atom stereocenters. The number of aliphatic hydroxyl groups excluding tert-OH is 1. The van der Waals surface area contributed by atoms with Gasteiger partial charge in [0.2, 0.25) is 0 Å². The first-order valence-electron chi connectivity index (χ1n) is 7.28. The molecule has 0 aromatic carbocycles. The molecule has 7 heteroatoms. The van der Waals surface area contributed by atoms with Crippen molar-refractivity contribution in [2.45, 2.75) is 45.1 Å². The van der Waals surface area contributed by atoms with E-state index >= 15 is 0 Å². The van der Waals surface area contributed by atoms with Crippen LogP contribution in [0.1, 0.15) is 26.3 Å². The SMILES string of the molecule is CC(C)(C)OC(=O)Nc1ncccc1CN[C@@H]1COC[C@@H]1O. The molecule has 1 saturated heterocycles. The van der Waals surface area contributed by atoms with Gasteiger partial charge in [-0.15, -0.1) is 0 Å². The van der Waals surface area contributed by atoms with Crippen LogP contribution >= 0.6 is 0 Å². The van der Waals surface area contributed by atoms with Gasteiger partial charge in [-0.25, -0.2) is 9.78 Å². The normalized spacial score (nSPS) is 21.6. The number of pyridine rings is 1. The van der Waals surface area contributed by atoms with Gasteiger partial charge in [0.15, 0.2) is 0 Å². The zero-order valence-corrected chi connectivity index (χ0v) is 13.1. The lowest BCUT2D eigenvalue weighted by Crippen LogP contribution is -2.38. The number of anilines is 1. The Balaban J connectivity index is 1.96. The molecule has 2 rings (SSSR count). The van der Waals surface area contributed by atoms with Crippen molar-refractivity contribution in [3.05, 3.63) is 23.9 Å². The van der Waals surface area contributed by atoms with Gasteiger partial charge in [0.1, 0.15) is 11.4 Å². The molecule has 7 nitrogen and oxygen atoms in total. The Kier molecular flexibility index (Phi) is 5.33. The van der Waals surface area contributed by atoms with Gasteiger partial charge in [0, 0.05) is 18.3 Å². The highest BCUT2D eigenvalue weighted by atomic mass is 16.6. The Bertz CT molecular complexity index is 516. The fourth-order valence-electron chi connectivity index (χ4n) is 2.07. The zero-order valence-electron chi connectivity index (χ0n) is 13.1. The lowest BCUT2D eigenvalue weighted by atomic mass is 10.2. The molecule has 1 aromatic heterocycles. The number of aromatic nitrogens is 1. The molecular weight excluding hydrogens is 286 g/mol. The Morgan fingerprint density at radius 1 is 1.50 bits per heavy atom. The molecule has 22 heavy (non-hydrogen) atoms. The second-order valence-electron chi connectivity index (χ2n) is 6.23. The minimum absolute atomic E-state index is 0.116. The summed E-state index contributed by atoms with van der Waals surface area (Å²) in [6.45, 7) is 6.67. The van der Waals surface area contributed by atoms with E-state index in [4.69, 9.17) is 9.47 Å². The predicted molar refractivity (Wildman–Crippen MR) is 81.5 cm³/mol. The number of rotatable bonds is 4. The highest BCUT2D eigenvalue weighted by molar-refractivity contribution is 5.84. The van der Waals surface area contributed by atoms with Crippen LogP contribution < -0.4 is 10.6 Å². The molecule has 0 radical (unpaired) electrons. The van der Waals surface area contributed by atoms with E-state index in [1.54, 1.807) is 33.0 Å². The Labute approximate surface area is 130 Å². The average Bonchev–Trinajstić information content (AvgIpc) is 2.81. The predicted octanol–water partition coefficient (Wildman–Crippen LogP) is 1.28. The van der Waals surface area contributed by atoms with E-state index in [2.05, 4.69) is 15.6 Å². The fourth-order valence-corrected chi connectivity index (χ4v) is 2.07. The molecule has 1 amide bonds. The van der Waals surface area contributed by atoms with Crippen molar-refractivity contribution in [3.63, 3.8) is 0 Å². The molecular formula is C15H23N3O4. The van der Waals surface area contributed by atoms with Gasteiger partial charge in [-0.3, -0.25) is 5.32 Å². The molecule has 1 fully saturated rings. The van der Waals surface area contributed by atoms with Crippen molar-refractivity contribution < 1.29 is 19.4 Å². The summed E-state index contributed by atoms with van der Waals surface area (Å²) in [7, 11) is 0. The Morgan fingerprint density at radius 2 is 2.27 bits per heavy atom. The van der Waals surface area contributed by atoms with E-state index in [9.17, 15) is 9.90 Å². The smallest absolute Gasteiger partial charge is 0.413 e. The first-order chi connectivity index (χ1) is 10.3. The number of ether oxygens (including phenoxy) is 2. The summed E-state index contributed by atoms with van der Waals surface area (Å²) >= 11 is 0. The third-order valence-corrected chi connectivity index (χ3v) is 3.12. The van der Waals surface area contributed by atoms with Crippen molar-refractivity contribution in [2.24, 2.45) is 0 Å². The summed E-state index contributed by atoms with van der Waals surface area (Å²) in [6, 6.07) is 3.53. The fraction of sp³-hybridized carbons (Fsp3) is 0.600. The zero-order chi connectivity index (χ0) is 16.2. The molecule has 0 bridgehead atoms. The largest absolute Gasteiger partial charge is 0.444 e. The lowest BCUT2D eigenvalue weighted by Gasteiger charge is -2.20. The third kappa shape index (κ3) is 4.94. The van der Waals surface area contributed by atoms with Crippen molar-refractivity contribution >= 4 is 11.9 Å².